The minimum Gasteiger partial charge on any atom is -0.394 e. The van der Waals surface area contributed by atoms with Crippen molar-refractivity contribution in [2.24, 2.45) is 0 Å². The Morgan fingerprint density at radius 3 is 2.31 bits per heavy atom. The van der Waals surface area contributed by atoms with Crippen molar-refractivity contribution in [3.8, 4) is 0 Å². The van der Waals surface area contributed by atoms with Gasteiger partial charge in [-0.2, -0.15) is 0 Å². The van der Waals surface area contributed by atoms with Gasteiger partial charge in [-0.25, -0.2) is 0 Å². The van der Waals surface area contributed by atoms with Gasteiger partial charge in [0.1, 0.15) is 6.10 Å². The average molecular weight is 265 g/mol. The number of aliphatic hydroxyl groups excluding tert-OH is 3. The van der Waals surface area contributed by atoms with E-state index in [1.54, 1.807) is 12.1 Å². The Kier molecular flexibility index (Phi) is 5.52. The van der Waals surface area contributed by atoms with Crippen LogP contribution in [0.4, 0.5) is 0 Å². The van der Waals surface area contributed by atoms with Crippen molar-refractivity contribution in [3.63, 3.8) is 0 Å². The van der Waals surface area contributed by atoms with Crippen LogP contribution in [0, 0.1) is 0 Å². The van der Waals surface area contributed by atoms with Crippen LogP contribution in [0.5, 0.6) is 0 Å². The molecule has 90 valence electrons. The van der Waals surface area contributed by atoms with E-state index < -0.39 is 18.8 Å². The third-order valence-electron chi connectivity index (χ3n) is 2.34. The van der Waals surface area contributed by atoms with Gasteiger partial charge in [-0.15, -0.1) is 0 Å². The molecule has 0 aliphatic rings. The summed E-state index contributed by atoms with van der Waals surface area (Å²) in [6.45, 7) is -0.442. The lowest BCUT2D eigenvalue weighted by Crippen LogP contribution is -2.29. The third-order valence-corrected chi connectivity index (χ3v) is 3.08. The largest absolute Gasteiger partial charge is 0.394 e. The Labute approximate surface area is 104 Å². The molecule has 0 aromatic heterocycles. The van der Waals surface area contributed by atoms with Gasteiger partial charge in [0, 0.05) is 0 Å². The van der Waals surface area contributed by atoms with Crippen LogP contribution in [0.25, 0.3) is 0 Å². The number of hydrogen-bond acceptors (Lipinski definition) is 3. The van der Waals surface area contributed by atoms with Crippen molar-refractivity contribution in [2.45, 2.75) is 25.0 Å². The summed E-state index contributed by atoms with van der Waals surface area (Å²) in [5, 5.41) is 28.2. The first-order valence-corrected chi connectivity index (χ1v) is 5.71. The molecule has 16 heavy (non-hydrogen) atoms. The molecule has 1 aromatic rings. The summed E-state index contributed by atoms with van der Waals surface area (Å²) in [7, 11) is 0. The molecule has 2 atom stereocenters. The van der Waals surface area contributed by atoms with Crippen molar-refractivity contribution >= 4 is 23.2 Å². The van der Waals surface area contributed by atoms with Gasteiger partial charge in [0.25, 0.3) is 0 Å². The van der Waals surface area contributed by atoms with E-state index in [9.17, 15) is 5.11 Å². The van der Waals surface area contributed by atoms with Crippen LogP contribution >= 0.6 is 23.2 Å². The second kappa shape index (κ2) is 6.42. The Bertz CT molecular complexity index is 344. The lowest BCUT2D eigenvalue weighted by molar-refractivity contribution is -0.0172. The zero-order valence-corrected chi connectivity index (χ0v) is 10.1. The van der Waals surface area contributed by atoms with Gasteiger partial charge in [-0.1, -0.05) is 29.3 Å². The summed E-state index contributed by atoms with van der Waals surface area (Å²) >= 11 is 11.6. The maximum absolute atomic E-state index is 9.43. The molecule has 0 saturated carbocycles. The Morgan fingerprint density at radius 1 is 1.06 bits per heavy atom. The maximum Gasteiger partial charge on any atom is 0.103 e. The first-order chi connectivity index (χ1) is 7.54. The molecule has 5 heteroatoms. The van der Waals surface area contributed by atoms with E-state index in [1.807, 2.05) is 6.07 Å². The highest BCUT2D eigenvalue weighted by atomic mass is 35.5. The van der Waals surface area contributed by atoms with Crippen molar-refractivity contribution in [3.05, 3.63) is 33.8 Å². The summed E-state index contributed by atoms with van der Waals surface area (Å²) < 4.78 is 0. The quantitative estimate of drug-likeness (QED) is 0.758. The Morgan fingerprint density at radius 2 is 1.75 bits per heavy atom. The normalized spacial score (nSPS) is 14.8. The first-order valence-electron chi connectivity index (χ1n) is 4.95. The third kappa shape index (κ3) is 3.92. The standard InChI is InChI=1S/C11H14Cl2O3/c12-8-3-1-7(5-9(8)13)2-4-10(15)11(16)6-14/h1,3,5,10-11,14-16H,2,4,6H2. The SMILES string of the molecule is OCC(O)C(O)CCc1ccc(Cl)c(Cl)c1. The zero-order valence-electron chi connectivity index (χ0n) is 8.61. The van der Waals surface area contributed by atoms with Crippen LogP contribution in [0.1, 0.15) is 12.0 Å². The summed E-state index contributed by atoms with van der Waals surface area (Å²) in [6.07, 6.45) is -1.10. The van der Waals surface area contributed by atoms with E-state index in [1.165, 1.54) is 0 Å². The molecule has 1 rings (SSSR count). The molecular formula is C11H14Cl2O3. The zero-order chi connectivity index (χ0) is 12.1. The van der Waals surface area contributed by atoms with E-state index in [0.29, 0.717) is 22.9 Å². The molecule has 0 bridgehead atoms. The average Bonchev–Trinajstić information content (AvgIpc) is 2.29. The molecule has 3 N–H and O–H groups in total. The van der Waals surface area contributed by atoms with Gasteiger partial charge in [-0.05, 0) is 30.5 Å². The number of aryl methyl sites for hydroxylation is 1. The van der Waals surface area contributed by atoms with E-state index in [0.717, 1.165) is 5.56 Å². The predicted octanol–water partition coefficient (Wildman–Crippen LogP) is 1.64. The van der Waals surface area contributed by atoms with E-state index in [4.69, 9.17) is 33.4 Å². The van der Waals surface area contributed by atoms with Gasteiger partial charge < -0.3 is 15.3 Å². The van der Waals surface area contributed by atoms with Crippen LogP contribution in [0.2, 0.25) is 10.0 Å². The highest BCUT2D eigenvalue weighted by Gasteiger charge is 2.14. The summed E-state index contributed by atoms with van der Waals surface area (Å²) in [4.78, 5) is 0. The van der Waals surface area contributed by atoms with Crippen LogP contribution in [-0.2, 0) is 6.42 Å². The topological polar surface area (TPSA) is 60.7 Å². The second-order valence-electron chi connectivity index (χ2n) is 3.60. The molecule has 1 aromatic carbocycles. The Hall–Kier alpha value is -0.320. The van der Waals surface area contributed by atoms with Crippen LogP contribution in [0.3, 0.4) is 0 Å². The van der Waals surface area contributed by atoms with Gasteiger partial charge in [-0.3, -0.25) is 0 Å². The van der Waals surface area contributed by atoms with Gasteiger partial charge >= 0.3 is 0 Å². The van der Waals surface area contributed by atoms with Gasteiger partial charge in [0.15, 0.2) is 0 Å². The molecule has 0 fully saturated rings. The lowest BCUT2D eigenvalue weighted by Gasteiger charge is -2.15. The molecular weight excluding hydrogens is 251 g/mol. The fraction of sp³-hybridized carbons (Fsp3) is 0.455. The van der Waals surface area contributed by atoms with Gasteiger partial charge in [0.2, 0.25) is 0 Å². The summed E-state index contributed by atoms with van der Waals surface area (Å²) in [6, 6.07) is 5.22. The van der Waals surface area contributed by atoms with Crippen molar-refractivity contribution < 1.29 is 15.3 Å². The Balaban J connectivity index is 2.51. The second-order valence-corrected chi connectivity index (χ2v) is 4.42. The fourth-order valence-electron chi connectivity index (χ4n) is 1.32. The minimum atomic E-state index is -1.09. The molecule has 0 heterocycles. The van der Waals surface area contributed by atoms with Crippen molar-refractivity contribution in [2.75, 3.05) is 6.61 Å². The molecule has 0 aliphatic heterocycles. The maximum atomic E-state index is 9.43. The molecule has 0 amide bonds. The fourth-order valence-corrected chi connectivity index (χ4v) is 1.64. The summed E-state index contributed by atoms with van der Waals surface area (Å²) in [5.74, 6) is 0. The summed E-state index contributed by atoms with van der Waals surface area (Å²) in [5.41, 5.74) is 0.929. The molecule has 0 spiro atoms. The minimum absolute atomic E-state index is 0.361. The molecule has 0 aliphatic carbocycles. The number of hydrogen-bond donors (Lipinski definition) is 3. The highest BCUT2D eigenvalue weighted by Crippen LogP contribution is 2.23. The van der Waals surface area contributed by atoms with Gasteiger partial charge in [0.05, 0.1) is 22.8 Å². The van der Waals surface area contributed by atoms with E-state index >= 15 is 0 Å². The van der Waals surface area contributed by atoms with E-state index in [2.05, 4.69) is 0 Å². The molecule has 0 saturated heterocycles. The molecule has 0 radical (unpaired) electrons. The smallest absolute Gasteiger partial charge is 0.103 e. The highest BCUT2D eigenvalue weighted by molar-refractivity contribution is 6.42. The number of halogens is 2. The number of aliphatic hydroxyl groups is 3. The van der Waals surface area contributed by atoms with Crippen LogP contribution in [-0.4, -0.2) is 34.1 Å². The number of benzene rings is 1. The van der Waals surface area contributed by atoms with Crippen LogP contribution < -0.4 is 0 Å². The number of rotatable bonds is 5. The van der Waals surface area contributed by atoms with Crippen LogP contribution in [0.15, 0.2) is 18.2 Å². The monoisotopic (exact) mass is 264 g/mol. The molecule has 3 nitrogen and oxygen atoms in total. The first kappa shape index (κ1) is 13.7. The molecule has 2 unspecified atom stereocenters. The van der Waals surface area contributed by atoms with E-state index in [-0.39, 0.29) is 0 Å². The van der Waals surface area contributed by atoms with Crippen molar-refractivity contribution in [1.82, 2.24) is 0 Å². The van der Waals surface area contributed by atoms with Crippen molar-refractivity contribution in [1.29, 1.82) is 0 Å². The lowest BCUT2D eigenvalue weighted by atomic mass is 10.0. The predicted molar refractivity (Wildman–Crippen MR) is 63.9 cm³/mol.